The van der Waals surface area contributed by atoms with Crippen LogP contribution in [0.4, 0.5) is 9.59 Å². The first kappa shape index (κ1) is 35.2. The summed E-state index contributed by atoms with van der Waals surface area (Å²) in [6, 6.07) is 0. The van der Waals surface area contributed by atoms with E-state index in [4.69, 9.17) is 14.2 Å². The monoisotopic (exact) mass is 570 g/mol. The van der Waals surface area contributed by atoms with Crippen LogP contribution in [-0.2, 0) is 27.3 Å². The minimum Gasteiger partial charge on any atom is -0.447 e. The molecule has 0 aliphatic carbocycles. The van der Waals surface area contributed by atoms with Crippen LogP contribution in [0, 0.1) is 0 Å². The number of unbranched alkanes of at least 4 members (excludes halogenated alkanes) is 15. The molecule has 1 aromatic heterocycles. The lowest BCUT2D eigenvalue weighted by Crippen LogP contribution is -2.38. The molecule has 1 aromatic rings. The Labute approximate surface area is 241 Å². The maximum Gasteiger partial charge on any atom is 0.407 e. The number of rotatable bonds is 25. The summed E-state index contributed by atoms with van der Waals surface area (Å²) in [7, 11) is 1.50. The molecule has 2 amide bonds. The number of hydrogen-bond donors (Lipinski definition) is 2. The lowest BCUT2D eigenvalue weighted by Gasteiger charge is -2.16. The Morgan fingerprint density at radius 2 is 1.26 bits per heavy atom. The number of ether oxygens (including phenoxy) is 3. The summed E-state index contributed by atoms with van der Waals surface area (Å²) >= 11 is 1.58. The number of aromatic nitrogens is 1. The van der Waals surface area contributed by atoms with E-state index in [0.717, 1.165) is 24.4 Å². The van der Waals surface area contributed by atoms with E-state index in [1.807, 2.05) is 11.6 Å². The van der Waals surface area contributed by atoms with Gasteiger partial charge in [-0.2, -0.15) is 4.57 Å². The van der Waals surface area contributed by atoms with Gasteiger partial charge in [-0.3, -0.25) is 0 Å². The Morgan fingerprint density at radius 3 is 1.74 bits per heavy atom. The molecule has 1 atom stereocenters. The third-order valence-electron chi connectivity index (χ3n) is 6.92. The molecule has 0 aromatic carbocycles. The second kappa shape index (κ2) is 25.1. The van der Waals surface area contributed by atoms with Crippen molar-refractivity contribution in [2.75, 3.05) is 26.9 Å². The number of nitrogens with one attached hydrogen (secondary N) is 2. The number of hydrogen-bond acceptors (Lipinski definition) is 6. The number of carbonyl (C=O) groups excluding carboxylic acids is 2. The molecule has 9 heteroatoms. The average molecular weight is 571 g/mol. The van der Waals surface area contributed by atoms with E-state index in [-0.39, 0.29) is 13.2 Å². The Balaban J connectivity index is 1.90. The summed E-state index contributed by atoms with van der Waals surface area (Å²) in [4.78, 5) is 23.9. The van der Waals surface area contributed by atoms with Crippen LogP contribution in [0.25, 0.3) is 0 Å². The van der Waals surface area contributed by atoms with Crippen molar-refractivity contribution in [1.29, 1.82) is 0 Å². The molecule has 0 saturated carbocycles. The zero-order chi connectivity index (χ0) is 28.4. The highest BCUT2D eigenvalue weighted by Crippen LogP contribution is 2.13. The highest BCUT2D eigenvalue weighted by atomic mass is 32.1. The standard InChI is InChI=1S/C30H55N3O5S/c1-4-6-7-8-9-10-11-12-13-14-15-16-17-18-19-20-21-31-29(34)37-25-27(36-3)26-38-30(35)32-24-28-33(5-2)22-23-39-28/h22-23,27H,4-21,24-26H2,1-3H3,(H-,31,32,34,35)/p+1. The van der Waals surface area contributed by atoms with Crippen LogP contribution in [0.3, 0.4) is 0 Å². The zero-order valence-electron chi connectivity index (χ0n) is 25.0. The SMILES string of the molecule is CCCCCCCCCCCCCCCCCCNC(=O)OCC(COC(=O)NCc1scc[n+]1CC)OC. The Kier molecular flexibility index (Phi) is 22.6. The molecular weight excluding hydrogens is 514 g/mol. The van der Waals surface area contributed by atoms with Crippen molar-refractivity contribution in [3.8, 4) is 0 Å². The number of thiazole rings is 1. The molecule has 1 unspecified atom stereocenters. The lowest BCUT2D eigenvalue weighted by atomic mass is 10.0. The van der Waals surface area contributed by atoms with Gasteiger partial charge < -0.3 is 24.8 Å². The van der Waals surface area contributed by atoms with Crippen molar-refractivity contribution in [2.45, 2.75) is 136 Å². The van der Waals surface area contributed by atoms with Gasteiger partial charge in [0.2, 0.25) is 0 Å². The van der Waals surface area contributed by atoms with Gasteiger partial charge in [-0.15, -0.1) is 0 Å². The zero-order valence-corrected chi connectivity index (χ0v) is 25.8. The highest BCUT2D eigenvalue weighted by molar-refractivity contribution is 7.09. The Morgan fingerprint density at radius 1 is 0.769 bits per heavy atom. The number of alkyl carbamates (subject to hydrolysis) is 2. The smallest absolute Gasteiger partial charge is 0.407 e. The predicted molar refractivity (Wildman–Crippen MR) is 158 cm³/mol. The number of nitrogens with zero attached hydrogens (tertiary/aromatic N) is 1. The predicted octanol–water partition coefficient (Wildman–Crippen LogP) is 7.28. The van der Waals surface area contributed by atoms with Crippen molar-refractivity contribution in [3.63, 3.8) is 0 Å². The second-order valence-corrected chi connectivity index (χ2v) is 11.2. The Bertz CT molecular complexity index is 731. The largest absolute Gasteiger partial charge is 0.447 e. The summed E-state index contributed by atoms with van der Waals surface area (Å²) in [5.41, 5.74) is 0. The number of amides is 2. The van der Waals surface area contributed by atoms with E-state index in [9.17, 15) is 9.59 Å². The molecular formula is C30H56N3O5S+. The highest BCUT2D eigenvalue weighted by Gasteiger charge is 2.16. The molecule has 1 heterocycles. The molecule has 0 saturated heterocycles. The fraction of sp³-hybridized carbons (Fsp3) is 0.833. The van der Waals surface area contributed by atoms with Crippen molar-refractivity contribution in [3.05, 3.63) is 16.6 Å². The third-order valence-corrected chi connectivity index (χ3v) is 7.83. The van der Waals surface area contributed by atoms with Gasteiger partial charge in [0.25, 0.3) is 5.01 Å². The van der Waals surface area contributed by atoms with E-state index >= 15 is 0 Å². The van der Waals surface area contributed by atoms with Crippen molar-refractivity contribution >= 4 is 23.5 Å². The minimum absolute atomic E-state index is 0.00690. The van der Waals surface area contributed by atoms with Crippen LogP contribution in [0.2, 0.25) is 0 Å². The van der Waals surface area contributed by atoms with Gasteiger partial charge in [-0.1, -0.05) is 115 Å². The van der Waals surface area contributed by atoms with E-state index in [1.54, 1.807) is 11.3 Å². The Hall–Kier alpha value is -1.87. The van der Waals surface area contributed by atoms with Crippen LogP contribution in [-0.4, -0.2) is 45.2 Å². The second-order valence-electron chi connectivity index (χ2n) is 10.2. The molecule has 0 aliphatic rings. The van der Waals surface area contributed by atoms with Crippen LogP contribution in [0.1, 0.15) is 122 Å². The van der Waals surface area contributed by atoms with Gasteiger partial charge in [-0.25, -0.2) is 9.59 Å². The molecule has 1 rings (SSSR count). The van der Waals surface area contributed by atoms with Crippen molar-refractivity contribution in [2.24, 2.45) is 0 Å². The first-order valence-corrected chi connectivity index (χ1v) is 16.3. The minimum atomic E-state index is -0.527. The van der Waals surface area contributed by atoms with Gasteiger partial charge in [0, 0.05) is 13.7 Å². The normalized spacial score (nSPS) is 11.8. The first-order valence-electron chi connectivity index (χ1n) is 15.4. The van der Waals surface area contributed by atoms with Gasteiger partial charge in [-0.05, 0) is 13.3 Å². The van der Waals surface area contributed by atoms with Crippen molar-refractivity contribution in [1.82, 2.24) is 10.6 Å². The molecule has 0 bridgehead atoms. The summed E-state index contributed by atoms with van der Waals surface area (Å²) in [6.45, 7) is 6.21. The number of carbonyl (C=O) groups is 2. The van der Waals surface area contributed by atoms with E-state index < -0.39 is 18.3 Å². The topological polar surface area (TPSA) is 89.8 Å². The maximum absolute atomic E-state index is 12.0. The molecule has 8 nitrogen and oxygen atoms in total. The van der Waals surface area contributed by atoms with E-state index in [2.05, 4.69) is 29.0 Å². The summed E-state index contributed by atoms with van der Waals surface area (Å²) in [5.74, 6) is 0. The van der Waals surface area contributed by atoms with Crippen LogP contribution >= 0.6 is 11.3 Å². The third kappa shape index (κ3) is 19.8. The molecule has 39 heavy (non-hydrogen) atoms. The number of aryl methyl sites for hydroxylation is 1. The van der Waals surface area contributed by atoms with Crippen LogP contribution in [0.15, 0.2) is 11.6 Å². The molecule has 0 radical (unpaired) electrons. The molecule has 0 fully saturated rings. The fourth-order valence-corrected chi connectivity index (χ4v) is 5.24. The van der Waals surface area contributed by atoms with Gasteiger partial charge >= 0.3 is 12.2 Å². The maximum atomic E-state index is 12.0. The molecule has 2 N–H and O–H groups in total. The summed E-state index contributed by atoms with van der Waals surface area (Å²) in [6.07, 6.45) is 21.7. The van der Waals surface area contributed by atoms with Crippen molar-refractivity contribution < 1.29 is 28.4 Å². The fourth-order valence-electron chi connectivity index (χ4n) is 4.39. The quantitative estimate of drug-likeness (QED) is 0.0952. The van der Waals surface area contributed by atoms with Crippen LogP contribution in [0.5, 0.6) is 0 Å². The molecule has 0 spiro atoms. The summed E-state index contributed by atoms with van der Waals surface area (Å²) < 4.78 is 17.8. The number of methoxy groups -OCH3 is 1. The molecule has 0 aliphatic heterocycles. The first-order chi connectivity index (χ1) is 19.1. The van der Waals surface area contributed by atoms with Gasteiger partial charge in [0.1, 0.15) is 32.4 Å². The van der Waals surface area contributed by atoms with Crippen LogP contribution < -0.4 is 15.2 Å². The van der Waals surface area contributed by atoms with E-state index in [1.165, 1.54) is 97.0 Å². The lowest BCUT2D eigenvalue weighted by molar-refractivity contribution is -0.695. The summed E-state index contributed by atoms with van der Waals surface area (Å²) in [5, 5.41) is 8.54. The average Bonchev–Trinajstić information content (AvgIpc) is 3.41. The van der Waals surface area contributed by atoms with Gasteiger partial charge in [0.15, 0.2) is 6.20 Å². The van der Waals surface area contributed by atoms with E-state index in [0.29, 0.717) is 13.1 Å². The van der Waals surface area contributed by atoms with Gasteiger partial charge in [0.05, 0.1) is 5.38 Å². The molecule has 226 valence electrons.